The molecule has 0 aliphatic rings. The fourth-order valence-corrected chi connectivity index (χ4v) is 9.89. The second kappa shape index (κ2) is 14.7. The van der Waals surface area contributed by atoms with Gasteiger partial charge >= 0.3 is 0 Å². The van der Waals surface area contributed by atoms with Crippen LogP contribution in [0.1, 0.15) is 0 Å². The van der Waals surface area contributed by atoms with E-state index < -0.39 is 0 Å². The molecule has 0 fully saturated rings. The summed E-state index contributed by atoms with van der Waals surface area (Å²) in [5.41, 5.74) is 11.0. The van der Waals surface area contributed by atoms with Gasteiger partial charge in [-0.3, -0.25) is 9.97 Å². The smallest absolute Gasteiger partial charge is 0.0645 e. The molecule has 0 spiro atoms. The SMILES string of the molecule is c1ccc(-c2ccccc2N(c2cccnc2)c2ccc3c(c2)sc2c4ccc(N(c5cccnc5)c5ccccc5-c5ccccc5)cc4c4ccccc4c32)cc1. The molecule has 0 saturated carbocycles. The van der Waals surface area contributed by atoms with Crippen molar-refractivity contribution in [3.05, 3.63) is 219 Å². The third-order valence-electron chi connectivity index (χ3n) is 11.2. The molecule has 0 atom stereocenters. The topological polar surface area (TPSA) is 32.3 Å². The number of rotatable bonds is 8. The first-order chi connectivity index (χ1) is 29.3. The molecule has 0 aliphatic heterocycles. The number of benzene rings is 8. The van der Waals surface area contributed by atoms with E-state index in [4.69, 9.17) is 0 Å². The number of nitrogens with zero attached hydrogens (tertiary/aromatic N) is 4. The summed E-state index contributed by atoms with van der Waals surface area (Å²) >= 11 is 1.87. The van der Waals surface area contributed by atoms with E-state index in [1.54, 1.807) is 0 Å². The maximum atomic E-state index is 4.57. The van der Waals surface area contributed by atoms with Crippen LogP contribution < -0.4 is 9.80 Å². The van der Waals surface area contributed by atoms with Crippen molar-refractivity contribution in [2.24, 2.45) is 0 Å². The lowest BCUT2D eigenvalue weighted by Gasteiger charge is -2.28. The normalized spacial score (nSPS) is 11.4. The van der Waals surface area contributed by atoms with E-state index in [1.165, 1.54) is 52.8 Å². The highest BCUT2D eigenvalue weighted by atomic mass is 32.1. The molecule has 5 heteroatoms. The molecule has 0 saturated heterocycles. The van der Waals surface area contributed by atoms with Crippen molar-refractivity contribution in [3.8, 4) is 22.3 Å². The Labute approximate surface area is 346 Å². The van der Waals surface area contributed by atoms with Crippen LogP contribution >= 0.6 is 11.3 Å². The summed E-state index contributed by atoms with van der Waals surface area (Å²) in [6.07, 6.45) is 7.56. The average Bonchev–Trinajstić information content (AvgIpc) is 3.70. The Morgan fingerprint density at radius 2 is 0.864 bits per heavy atom. The first kappa shape index (κ1) is 34.6. The Balaban J connectivity index is 1.12. The number of thiophene rings is 1. The lowest BCUT2D eigenvalue weighted by molar-refractivity contribution is 1.23. The number of aromatic nitrogens is 2. The van der Waals surface area contributed by atoms with Crippen LogP contribution in [0.25, 0.3) is 64.0 Å². The summed E-state index contributed by atoms with van der Waals surface area (Å²) in [4.78, 5) is 13.8. The molecule has 11 rings (SSSR count). The molecule has 0 N–H and O–H groups in total. The van der Waals surface area contributed by atoms with Gasteiger partial charge in [-0.25, -0.2) is 0 Å². The Morgan fingerprint density at radius 3 is 1.44 bits per heavy atom. The number of fused-ring (bicyclic) bond motifs is 8. The van der Waals surface area contributed by atoms with Crippen LogP contribution in [0.2, 0.25) is 0 Å². The molecule has 8 aromatic carbocycles. The monoisotopic (exact) mass is 772 g/mol. The fourth-order valence-electron chi connectivity index (χ4n) is 8.60. The molecule has 4 nitrogen and oxygen atoms in total. The minimum Gasteiger partial charge on any atom is -0.308 e. The lowest BCUT2D eigenvalue weighted by atomic mass is 9.96. The highest BCUT2D eigenvalue weighted by Gasteiger charge is 2.22. The van der Waals surface area contributed by atoms with Crippen LogP contribution in [-0.4, -0.2) is 9.97 Å². The maximum Gasteiger partial charge on any atom is 0.0645 e. The van der Waals surface area contributed by atoms with E-state index in [0.29, 0.717) is 0 Å². The quantitative estimate of drug-likeness (QED) is 0.144. The van der Waals surface area contributed by atoms with Gasteiger partial charge in [0.2, 0.25) is 0 Å². The highest BCUT2D eigenvalue weighted by Crippen LogP contribution is 2.49. The zero-order valence-corrected chi connectivity index (χ0v) is 32.8. The van der Waals surface area contributed by atoms with Gasteiger partial charge in [0, 0.05) is 60.5 Å². The van der Waals surface area contributed by atoms with Gasteiger partial charge in [0.1, 0.15) is 0 Å². The molecule has 278 valence electrons. The number of pyridine rings is 2. The van der Waals surface area contributed by atoms with Crippen LogP contribution in [0.4, 0.5) is 34.1 Å². The summed E-state index contributed by atoms with van der Waals surface area (Å²) < 4.78 is 2.52. The van der Waals surface area contributed by atoms with Gasteiger partial charge in [0.25, 0.3) is 0 Å². The molecular formula is C54H36N4S. The maximum absolute atomic E-state index is 4.57. The van der Waals surface area contributed by atoms with Crippen molar-refractivity contribution >= 4 is 87.2 Å². The third kappa shape index (κ3) is 6.08. The van der Waals surface area contributed by atoms with Crippen molar-refractivity contribution in [2.45, 2.75) is 0 Å². The zero-order chi connectivity index (χ0) is 39.1. The fraction of sp³-hybridized carbons (Fsp3) is 0. The molecule has 3 aromatic heterocycles. The van der Waals surface area contributed by atoms with E-state index in [2.05, 4.69) is 202 Å². The Hall–Kier alpha value is -7.60. The molecule has 59 heavy (non-hydrogen) atoms. The van der Waals surface area contributed by atoms with Crippen LogP contribution in [-0.2, 0) is 0 Å². The van der Waals surface area contributed by atoms with Gasteiger partial charge in [0.15, 0.2) is 0 Å². The molecule has 0 amide bonds. The van der Waals surface area contributed by atoms with Gasteiger partial charge in [-0.1, -0.05) is 133 Å². The van der Waals surface area contributed by atoms with Gasteiger partial charge in [-0.05, 0) is 87.9 Å². The molecular weight excluding hydrogens is 737 g/mol. The van der Waals surface area contributed by atoms with Crippen LogP contribution in [0.5, 0.6) is 0 Å². The van der Waals surface area contributed by atoms with Gasteiger partial charge < -0.3 is 9.80 Å². The first-order valence-corrected chi connectivity index (χ1v) is 20.6. The third-order valence-corrected chi connectivity index (χ3v) is 12.4. The van der Waals surface area contributed by atoms with E-state index in [0.717, 1.165) is 45.3 Å². The van der Waals surface area contributed by atoms with Crippen molar-refractivity contribution in [1.82, 2.24) is 9.97 Å². The minimum atomic E-state index is 1.00. The van der Waals surface area contributed by atoms with Gasteiger partial charge in [-0.15, -0.1) is 11.3 Å². The average molecular weight is 773 g/mol. The van der Waals surface area contributed by atoms with Crippen LogP contribution in [0.15, 0.2) is 219 Å². The summed E-state index contributed by atoms with van der Waals surface area (Å²) in [7, 11) is 0. The molecule has 0 unspecified atom stereocenters. The number of anilines is 6. The summed E-state index contributed by atoms with van der Waals surface area (Å²) in [6.45, 7) is 0. The summed E-state index contributed by atoms with van der Waals surface area (Å²) in [6, 6.07) is 69.6. The van der Waals surface area contributed by atoms with Crippen LogP contribution in [0, 0.1) is 0 Å². The predicted molar refractivity (Wildman–Crippen MR) is 250 cm³/mol. The number of para-hydroxylation sites is 2. The van der Waals surface area contributed by atoms with Gasteiger partial charge in [0.05, 0.1) is 35.1 Å². The summed E-state index contributed by atoms with van der Waals surface area (Å²) in [5, 5.41) is 7.50. The zero-order valence-electron chi connectivity index (χ0n) is 32.0. The van der Waals surface area contributed by atoms with Crippen molar-refractivity contribution < 1.29 is 0 Å². The van der Waals surface area contributed by atoms with Crippen molar-refractivity contribution in [1.29, 1.82) is 0 Å². The molecule has 11 aromatic rings. The van der Waals surface area contributed by atoms with Crippen LogP contribution in [0.3, 0.4) is 0 Å². The molecule has 0 bridgehead atoms. The highest BCUT2D eigenvalue weighted by molar-refractivity contribution is 7.27. The molecule has 0 aliphatic carbocycles. The number of hydrogen-bond donors (Lipinski definition) is 0. The predicted octanol–water partition coefficient (Wildman–Crippen LogP) is 15.4. The van der Waals surface area contributed by atoms with E-state index in [1.807, 2.05) is 48.3 Å². The summed E-state index contributed by atoms with van der Waals surface area (Å²) in [5.74, 6) is 0. The van der Waals surface area contributed by atoms with Crippen molar-refractivity contribution in [3.63, 3.8) is 0 Å². The first-order valence-electron chi connectivity index (χ1n) is 19.8. The largest absolute Gasteiger partial charge is 0.308 e. The lowest BCUT2D eigenvalue weighted by Crippen LogP contribution is -2.11. The Bertz CT molecular complexity index is 3280. The Kier molecular flexibility index (Phi) is 8.64. The second-order valence-corrected chi connectivity index (χ2v) is 15.7. The van der Waals surface area contributed by atoms with Crippen molar-refractivity contribution in [2.75, 3.05) is 9.80 Å². The standard InChI is InChI=1S/C54H36N4S/c1-3-15-37(16-4-1)43-21-9-11-25-50(43)57(41-19-13-31-55-35-41)39-27-29-47-49(33-39)45-23-7-8-24-46(45)53-48-30-28-40(34-52(48)59-54(47)53)58(42-20-14-32-56-36-42)51-26-12-10-22-44(51)38-17-5-2-6-18-38/h1-36H. The van der Waals surface area contributed by atoms with E-state index >= 15 is 0 Å². The van der Waals surface area contributed by atoms with Gasteiger partial charge in [-0.2, -0.15) is 0 Å². The molecule has 3 heterocycles. The second-order valence-electron chi connectivity index (χ2n) is 14.6. The number of hydrogen-bond acceptors (Lipinski definition) is 5. The molecule has 0 radical (unpaired) electrons. The van der Waals surface area contributed by atoms with E-state index in [-0.39, 0.29) is 0 Å². The Morgan fingerprint density at radius 1 is 0.356 bits per heavy atom. The van der Waals surface area contributed by atoms with E-state index in [9.17, 15) is 0 Å². The minimum absolute atomic E-state index is 1.00.